The van der Waals surface area contributed by atoms with Crippen LogP contribution in [0.3, 0.4) is 0 Å². The topological polar surface area (TPSA) is 79.0 Å². The quantitative estimate of drug-likeness (QED) is 0.475. The summed E-state index contributed by atoms with van der Waals surface area (Å²) in [7, 11) is 0. The highest BCUT2D eigenvalue weighted by molar-refractivity contribution is 5.79. The van der Waals surface area contributed by atoms with Gasteiger partial charge in [0.1, 0.15) is 17.6 Å². The Morgan fingerprint density at radius 3 is 2.85 bits per heavy atom. The highest BCUT2D eigenvalue weighted by Gasteiger charge is 2.22. The molecule has 1 fully saturated rings. The first-order valence-corrected chi connectivity index (χ1v) is 9.20. The van der Waals surface area contributed by atoms with Crippen LogP contribution in [0.1, 0.15) is 37.2 Å². The van der Waals surface area contributed by atoms with Gasteiger partial charge in [0, 0.05) is 12.1 Å². The van der Waals surface area contributed by atoms with E-state index in [2.05, 4.69) is 15.6 Å². The van der Waals surface area contributed by atoms with Gasteiger partial charge in [0.25, 0.3) is 0 Å². The Labute approximate surface area is 154 Å². The molecule has 26 heavy (non-hydrogen) atoms. The molecular formula is C20H27N3O3. The third kappa shape index (κ3) is 5.52. The standard InChI is InChI=1S/C20H27N3O3/c1-2-21-20(23-13-17(24)19-8-5-11-25-19)22-12-16-6-3-4-7-18(16)26-14-15-9-10-15/h3-8,11,15,17,24H,2,9-10,12-14H2,1H3,(H2,21,22,23). The van der Waals surface area contributed by atoms with E-state index in [1.807, 2.05) is 31.2 Å². The van der Waals surface area contributed by atoms with Crippen molar-refractivity contribution in [1.82, 2.24) is 10.6 Å². The number of aliphatic hydroxyl groups excluding tert-OH is 1. The van der Waals surface area contributed by atoms with Crippen molar-refractivity contribution in [1.29, 1.82) is 0 Å². The summed E-state index contributed by atoms with van der Waals surface area (Å²) in [6.45, 7) is 4.36. The summed E-state index contributed by atoms with van der Waals surface area (Å²) >= 11 is 0. The summed E-state index contributed by atoms with van der Waals surface area (Å²) in [5, 5.41) is 16.5. The Kier molecular flexibility index (Phi) is 6.55. The molecule has 0 aliphatic heterocycles. The van der Waals surface area contributed by atoms with Crippen LogP contribution in [-0.2, 0) is 6.54 Å². The molecule has 1 heterocycles. The highest BCUT2D eigenvalue weighted by atomic mass is 16.5. The van der Waals surface area contributed by atoms with Gasteiger partial charge in [-0.15, -0.1) is 0 Å². The molecule has 0 radical (unpaired) electrons. The van der Waals surface area contributed by atoms with Crippen LogP contribution < -0.4 is 15.4 Å². The lowest BCUT2D eigenvalue weighted by Gasteiger charge is -2.14. The van der Waals surface area contributed by atoms with Crippen LogP contribution in [0.2, 0.25) is 0 Å². The van der Waals surface area contributed by atoms with Gasteiger partial charge in [-0.1, -0.05) is 18.2 Å². The van der Waals surface area contributed by atoms with Gasteiger partial charge in [-0.05, 0) is 43.9 Å². The molecule has 6 heteroatoms. The first-order chi connectivity index (χ1) is 12.8. The maximum atomic E-state index is 10.1. The molecule has 1 atom stereocenters. The van der Waals surface area contributed by atoms with Crippen LogP contribution in [0.15, 0.2) is 52.1 Å². The molecule has 0 spiro atoms. The lowest BCUT2D eigenvalue weighted by molar-refractivity contribution is 0.153. The summed E-state index contributed by atoms with van der Waals surface area (Å²) in [6.07, 6.45) is 3.37. The van der Waals surface area contributed by atoms with Crippen molar-refractivity contribution in [2.45, 2.75) is 32.4 Å². The van der Waals surface area contributed by atoms with Crippen LogP contribution in [0.4, 0.5) is 0 Å². The van der Waals surface area contributed by atoms with Gasteiger partial charge >= 0.3 is 0 Å². The Balaban J connectivity index is 1.58. The number of rotatable bonds is 9. The van der Waals surface area contributed by atoms with Gasteiger partial charge in [-0.2, -0.15) is 0 Å². The Morgan fingerprint density at radius 2 is 2.12 bits per heavy atom. The summed E-state index contributed by atoms with van der Waals surface area (Å²) in [5.41, 5.74) is 1.05. The molecule has 1 aromatic carbocycles. The van der Waals surface area contributed by atoms with E-state index in [1.54, 1.807) is 18.4 Å². The van der Waals surface area contributed by atoms with E-state index in [9.17, 15) is 5.11 Å². The zero-order valence-electron chi connectivity index (χ0n) is 15.1. The fourth-order valence-electron chi connectivity index (χ4n) is 2.55. The maximum absolute atomic E-state index is 10.1. The highest BCUT2D eigenvalue weighted by Crippen LogP contribution is 2.30. The Hall–Kier alpha value is -2.47. The number of nitrogens with zero attached hydrogens (tertiary/aromatic N) is 1. The number of aliphatic imine (C=N–C) groups is 1. The number of furan rings is 1. The maximum Gasteiger partial charge on any atom is 0.191 e. The molecule has 1 aromatic heterocycles. The predicted molar refractivity (Wildman–Crippen MR) is 101 cm³/mol. The second-order valence-corrected chi connectivity index (χ2v) is 6.47. The number of benzene rings is 1. The molecule has 0 amide bonds. The van der Waals surface area contributed by atoms with E-state index in [0.29, 0.717) is 30.7 Å². The molecule has 1 aliphatic rings. The molecule has 1 aliphatic carbocycles. The average Bonchev–Trinajstić information content (AvgIpc) is 3.33. The minimum Gasteiger partial charge on any atom is -0.493 e. The van der Waals surface area contributed by atoms with E-state index in [4.69, 9.17) is 9.15 Å². The van der Waals surface area contributed by atoms with Crippen molar-refractivity contribution >= 4 is 5.96 Å². The molecular weight excluding hydrogens is 330 g/mol. The van der Waals surface area contributed by atoms with Gasteiger partial charge < -0.3 is 24.9 Å². The number of hydrogen-bond acceptors (Lipinski definition) is 4. The second kappa shape index (κ2) is 9.29. The summed E-state index contributed by atoms with van der Waals surface area (Å²) in [5.74, 6) is 2.80. The smallest absolute Gasteiger partial charge is 0.191 e. The van der Waals surface area contributed by atoms with Gasteiger partial charge in [-0.25, -0.2) is 4.99 Å². The summed E-state index contributed by atoms with van der Waals surface area (Å²) in [4.78, 5) is 4.61. The van der Waals surface area contributed by atoms with Gasteiger partial charge in [0.15, 0.2) is 5.96 Å². The molecule has 3 rings (SSSR count). The molecule has 6 nitrogen and oxygen atoms in total. The molecule has 2 aromatic rings. The van der Waals surface area contributed by atoms with Crippen molar-refractivity contribution in [3.63, 3.8) is 0 Å². The van der Waals surface area contributed by atoms with Crippen molar-refractivity contribution in [2.75, 3.05) is 19.7 Å². The second-order valence-electron chi connectivity index (χ2n) is 6.47. The van der Waals surface area contributed by atoms with Crippen LogP contribution in [-0.4, -0.2) is 30.8 Å². The van der Waals surface area contributed by atoms with E-state index >= 15 is 0 Å². The van der Waals surface area contributed by atoms with Crippen LogP contribution in [0.25, 0.3) is 0 Å². The van der Waals surface area contributed by atoms with Crippen molar-refractivity contribution < 1.29 is 14.3 Å². The third-order valence-electron chi connectivity index (χ3n) is 4.23. The lowest BCUT2D eigenvalue weighted by Crippen LogP contribution is -2.39. The van der Waals surface area contributed by atoms with Crippen molar-refractivity contribution in [2.24, 2.45) is 10.9 Å². The zero-order chi connectivity index (χ0) is 18.2. The van der Waals surface area contributed by atoms with Gasteiger partial charge in [0.05, 0.1) is 26.0 Å². The molecule has 0 saturated heterocycles. The van der Waals surface area contributed by atoms with Crippen LogP contribution in [0.5, 0.6) is 5.75 Å². The zero-order valence-corrected chi connectivity index (χ0v) is 15.1. The number of aliphatic hydroxyl groups is 1. The lowest BCUT2D eigenvalue weighted by atomic mass is 10.2. The molecule has 1 saturated carbocycles. The first-order valence-electron chi connectivity index (χ1n) is 9.20. The first kappa shape index (κ1) is 18.3. The number of para-hydroxylation sites is 1. The fraction of sp³-hybridized carbons (Fsp3) is 0.450. The number of guanidine groups is 1. The van der Waals surface area contributed by atoms with Gasteiger partial charge in [0.2, 0.25) is 0 Å². The Morgan fingerprint density at radius 1 is 1.27 bits per heavy atom. The van der Waals surface area contributed by atoms with E-state index in [-0.39, 0.29) is 0 Å². The van der Waals surface area contributed by atoms with E-state index < -0.39 is 6.10 Å². The minimum atomic E-state index is -0.719. The SMILES string of the molecule is CCNC(=NCc1ccccc1OCC1CC1)NCC(O)c1ccco1. The number of hydrogen-bond donors (Lipinski definition) is 3. The van der Waals surface area contributed by atoms with Crippen molar-refractivity contribution in [3.05, 3.63) is 54.0 Å². The summed E-state index contributed by atoms with van der Waals surface area (Å²) < 4.78 is 11.2. The average molecular weight is 357 g/mol. The number of nitrogens with one attached hydrogen (secondary N) is 2. The van der Waals surface area contributed by atoms with Crippen LogP contribution in [0, 0.1) is 5.92 Å². The summed E-state index contributed by atoms with van der Waals surface area (Å²) in [6, 6.07) is 11.5. The van der Waals surface area contributed by atoms with E-state index in [1.165, 1.54) is 12.8 Å². The third-order valence-corrected chi connectivity index (χ3v) is 4.23. The van der Waals surface area contributed by atoms with Crippen LogP contribution >= 0.6 is 0 Å². The molecule has 1 unspecified atom stereocenters. The normalized spacial score (nSPS) is 15.5. The van der Waals surface area contributed by atoms with Crippen molar-refractivity contribution in [3.8, 4) is 5.75 Å². The predicted octanol–water partition coefficient (Wildman–Crippen LogP) is 2.86. The molecule has 0 bridgehead atoms. The minimum absolute atomic E-state index is 0.319. The number of ether oxygens (including phenoxy) is 1. The Bertz CT molecular complexity index is 696. The monoisotopic (exact) mass is 357 g/mol. The molecule has 140 valence electrons. The van der Waals surface area contributed by atoms with Gasteiger partial charge in [-0.3, -0.25) is 0 Å². The van der Waals surface area contributed by atoms with E-state index in [0.717, 1.165) is 24.5 Å². The fourth-order valence-corrected chi connectivity index (χ4v) is 2.55. The largest absolute Gasteiger partial charge is 0.493 e. The molecule has 3 N–H and O–H groups in total.